The quantitative estimate of drug-likeness (QED) is 0.359. The molecule has 0 aromatic heterocycles. The average Bonchev–Trinajstić information content (AvgIpc) is 1.99. The van der Waals surface area contributed by atoms with Gasteiger partial charge in [-0.1, -0.05) is 0 Å². The monoisotopic (exact) mass is 159 g/mol. The van der Waals surface area contributed by atoms with Gasteiger partial charge in [-0.2, -0.15) is 0 Å². The van der Waals surface area contributed by atoms with Crippen LogP contribution in [0.15, 0.2) is 0 Å². The minimum atomic E-state index is -1.77. The van der Waals surface area contributed by atoms with Gasteiger partial charge in [0.1, 0.15) is 5.97 Å². The molecular formula is C6H7O5-. The fourth-order valence-electron chi connectivity index (χ4n) is 0.420. The standard InChI is InChI=1S/C6H8O5/c1-11-5(8)3-2-4(7)6(9)10/h2-3H2,1H3,(H,9,10)/p-1. The van der Waals surface area contributed by atoms with Crippen LogP contribution in [0.4, 0.5) is 0 Å². The number of ketones is 1. The van der Waals surface area contributed by atoms with Gasteiger partial charge in [0.25, 0.3) is 0 Å². The van der Waals surface area contributed by atoms with E-state index in [1.165, 1.54) is 0 Å². The summed E-state index contributed by atoms with van der Waals surface area (Å²) in [5.41, 5.74) is 0. The van der Waals surface area contributed by atoms with E-state index < -0.39 is 17.7 Å². The third-order valence-electron chi connectivity index (χ3n) is 1.01. The van der Waals surface area contributed by atoms with Crippen LogP contribution in [0, 0.1) is 0 Å². The lowest BCUT2D eigenvalue weighted by molar-refractivity contribution is -0.300. The van der Waals surface area contributed by atoms with Gasteiger partial charge in [0.15, 0.2) is 5.78 Å². The summed E-state index contributed by atoms with van der Waals surface area (Å²) in [6.45, 7) is 0. The van der Waals surface area contributed by atoms with Crippen molar-refractivity contribution in [1.82, 2.24) is 0 Å². The first-order chi connectivity index (χ1) is 5.07. The summed E-state index contributed by atoms with van der Waals surface area (Å²) >= 11 is 0. The summed E-state index contributed by atoms with van der Waals surface area (Å²) in [4.78, 5) is 30.4. The molecule has 0 saturated carbocycles. The van der Waals surface area contributed by atoms with Crippen molar-refractivity contribution < 1.29 is 24.2 Å². The second-order valence-electron chi connectivity index (χ2n) is 1.79. The molecule has 0 atom stereocenters. The highest BCUT2D eigenvalue weighted by Gasteiger charge is 2.06. The molecule has 0 saturated heterocycles. The molecule has 0 unspecified atom stereocenters. The predicted octanol–water partition coefficient (Wildman–Crippen LogP) is -1.74. The summed E-state index contributed by atoms with van der Waals surface area (Å²) in [5.74, 6) is -3.47. The SMILES string of the molecule is COC(=O)CCC(=O)C(=O)[O-]. The Morgan fingerprint density at radius 1 is 1.27 bits per heavy atom. The second-order valence-corrected chi connectivity index (χ2v) is 1.79. The van der Waals surface area contributed by atoms with Crippen molar-refractivity contribution in [2.24, 2.45) is 0 Å². The number of hydrogen-bond acceptors (Lipinski definition) is 5. The Morgan fingerprint density at radius 3 is 2.18 bits per heavy atom. The largest absolute Gasteiger partial charge is 0.542 e. The third-order valence-corrected chi connectivity index (χ3v) is 1.01. The molecule has 0 rings (SSSR count). The molecule has 62 valence electrons. The van der Waals surface area contributed by atoms with Gasteiger partial charge in [-0.15, -0.1) is 0 Å². The van der Waals surface area contributed by atoms with Gasteiger partial charge in [-0.3, -0.25) is 9.59 Å². The van der Waals surface area contributed by atoms with Crippen LogP contribution in [0.1, 0.15) is 12.8 Å². The molecule has 0 aromatic carbocycles. The van der Waals surface area contributed by atoms with Crippen LogP contribution in [-0.2, 0) is 19.1 Å². The number of rotatable bonds is 4. The minimum absolute atomic E-state index is 0.219. The van der Waals surface area contributed by atoms with Crippen molar-refractivity contribution in [1.29, 1.82) is 0 Å². The molecule has 0 aliphatic rings. The Kier molecular flexibility index (Phi) is 3.87. The number of ether oxygens (including phenoxy) is 1. The van der Waals surface area contributed by atoms with Gasteiger partial charge in [0, 0.05) is 6.42 Å². The van der Waals surface area contributed by atoms with Gasteiger partial charge in [-0.05, 0) is 0 Å². The van der Waals surface area contributed by atoms with Crippen LogP contribution >= 0.6 is 0 Å². The summed E-state index contributed by atoms with van der Waals surface area (Å²) in [6, 6.07) is 0. The number of aliphatic carboxylic acids is 1. The summed E-state index contributed by atoms with van der Waals surface area (Å²) in [6.07, 6.45) is -0.585. The van der Waals surface area contributed by atoms with Crippen LogP contribution in [-0.4, -0.2) is 24.8 Å². The number of methoxy groups -OCH3 is 1. The smallest absolute Gasteiger partial charge is 0.305 e. The number of carbonyl (C=O) groups excluding carboxylic acids is 3. The maximum Gasteiger partial charge on any atom is 0.305 e. The Morgan fingerprint density at radius 2 is 1.82 bits per heavy atom. The Hall–Kier alpha value is -1.39. The maximum atomic E-state index is 10.4. The van der Waals surface area contributed by atoms with E-state index in [1.54, 1.807) is 0 Å². The van der Waals surface area contributed by atoms with Crippen molar-refractivity contribution >= 4 is 17.7 Å². The molecule has 0 N–H and O–H groups in total. The molecule has 0 radical (unpaired) electrons. The van der Waals surface area contributed by atoms with Gasteiger partial charge in [0.05, 0.1) is 13.5 Å². The topological polar surface area (TPSA) is 83.5 Å². The van der Waals surface area contributed by atoms with E-state index in [4.69, 9.17) is 0 Å². The lowest BCUT2D eigenvalue weighted by Gasteiger charge is -1.99. The predicted molar refractivity (Wildman–Crippen MR) is 31.3 cm³/mol. The van der Waals surface area contributed by atoms with Gasteiger partial charge >= 0.3 is 5.97 Å². The zero-order valence-corrected chi connectivity index (χ0v) is 5.96. The molecule has 0 fully saturated rings. The number of hydrogen-bond donors (Lipinski definition) is 0. The lowest BCUT2D eigenvalue weighted by atomic mass is 10.2. The van der Waals surface area contributed by atoms with Crippen LogP contribution in [0.2, 0.25) is 0 Å². The van der Waals surface area contributed by atoms with Crippen LogP contribution in [0.3, 0.4) is 0 Å². The van der Waals surface area contributed by atoms with E-state index in [0.717, 1.165) is 7.11 Å². The van der Waals surface area contributed by atoms with E-state index in [2.05, 4.69) is 4.74 Å². The summed E-state index contributed by atoms with van der Waals surface area (Å²) in [5, 5.41) is 9.79. The van der Waals surface area contributed by atoms with Crippen molar-refractivity contribution in [2.75, 3.05) is 7.11 Å². The highest BCUT2D eigenvalue weighted by molar-refractivity contribution is 6.31. The van der Waals surface area contributed by atoms with E-state index in [-0.39, 0.29) is 12.8 Å². The van der Waals surface area contributed by atoms with Gasteiger partial charge < -0.3 is 14.6 Å². The number of carbonyl (C=O) groups is 3. The van der Waals surface area contributed by atoms with Gasteiger partial charge in [0.2, 0.25) is 0 Å². The highest BCUT2D eigenvalue weighted by Crippen LogP contribution is 1.91. The molecule has 11 heavy (non-hydrogen) atoms. The molecule has 5 nitrogen and oxygen atoms in total. The minimum Gasteiger partial charge on any atom is -0.542 e. The molecular weight excluding hydrogens is 152 g/mol. The molecule has 0 spiro atoms. The first-order valence-corrected chi connectivity index (χ1v) is 2.89. The zero-order chi connectivity index (χ0) is 8.85. The molecule has 0 amide bonds. The number of esters is 1. The van der Waals surface area contributed by atoms with Crippen LogP contribution < -0.4 is 5.11 Å². The zero-order valence-electron chi connectivity index (χ0n) is 5.96. The Labute approximate surface area is 63.0 Å². The highest BCUT2D eigenvalue weighted by atomic mass is 16.5. The van der Waals surface area contributed by atoms with Crippen molar-refractivity contribution in [3.05, 3.63) is 0 Å². The molecule has 0 heterocycles. The first-order valence-electron chi connectivity index (χ1n) is 2.89. The normalized spacial score (nSPS) is 8.82. The molecule has 0 bridgehead atoms. The Bertz CT molecular complexity index is 183. The lowest BCUT2D eigenvalue weighted by Crippen LogP contribution is -2.31. The van der Waals surface area contributed by atoms with E-state index in [0.29, 0.717) is 0 Å². The van der Waals surface area contributed by atoms with E-state index in [1.807, 2.05) is 0 Å². The van der Waals surface area contributed by atoms with E-state index >= 15 is 0 Å². The maximum absolute atomic E-state index is 10.4. The number of carboxylic acids is 1. The molecule has 5 heteroatoms. The van der Waals surface area contributed by atoms with Gasteiger partial charge in [-0.25, -0.2) is 0 Å². The number of Topliss-reactive ketones (excluding diaryl/α,β-unsaturated/α-hetero) is 1. The Balaban J connectivity index is 3.63. The number of carboxylic acid groups (broad SMARTS) is 1. The van der Waals surface area contributed by atoms with Crippen molar-refractivity contribution in [3.8, 4) is 0 Å². The fourth-order valence-corrected chi connectivity index (χ4v) is 0.420. The van der Waals surface area contributed by atoms with Crippen molar-refractivity contribution in [3.63, 3.8) is 0 Å². The average molecular weight is 159 g/mol. The first kappa shape index (κ1) is 9.61. The van der Waals surface area contributed by atoms with Crippen molar-refractivity contribution in [2.45, 2.75) is 12.8 Å². The van der Waals surface area contributed by atoms with Crippen LogP contribution in [0.5, 0.6) is 0 Å². The fraction of sp³-hybridized carbons (Fsp3) is 0.500. The summed E-state index contributed by atoms with van der Waals surface area (Å²) in [7, 11) is 1.16. The molecule has 0 aliphatic heterocycles. The second kappa shape index (κ2) is 4.43. The summed E-state index contributed by atoms with van der Waals surface area (Å²) < 4.78 is 4.18. The van der Waals surface area contributed by atoms with E-state index in [9.17, 15) is 19.5 Å². The molecule has 0 aliphatic carbocycles. The molecule has 0 aromatic rings. The third kappa shape index (κ3) is 4.07. The van der Waals surface area contributed by atoms with Crippen LogP contribution in [0.25, 0.3) is 0 Å².